The summed E-state index contributed by atoms with van der Waals surface area (Å²) in [6, 6.07) is 6.96. The molecule has 26 heavy (non-hydrogen) atoms. The second kappa shape index (κ2) is 9.28. The monoisotopic (exact) mass is 397 g/mol. The topological polar surface area (TPSA) is 78.5 Å². The first-order chi connectivity index (χ1) is 12.4. The van der Waals surface area contributed by atoms with Crippen LogP contribution < -0.4 is 10.6 Å². The van der Waals surface area contributed by atoms with E-state index >= 15 is 0 Å². The molecule has 0 radical (unpaired) electrons. The summed E-state index contributed by atoms with van der Waals surface area (Å²) in [5, 5.41) is 6.13. The average molecular weight is 398 g/mol. The molecule has 1 atom stereocenters. The average Bonchev–Trinajstić information content (AvgIpc) is 2.82. The predicted octanol–water partition coefficient (Wildman–Crippen LogP) is 3.05. The lowest BCUT2D eigenvalue weighted by Crippen LogP contribution is -2.45. The molecule has 1 aliphatic rings. The second-order valence-corrected chi connectivity index (χ2v) is 8.01. The minimum Gasteiger partial charge on any atom is -0.354 e. The summed E-state index contributed by atoms with van der Waals surface area (Å²) in [7, 11) is 0. The summed E-state index contributed by atoms with van der Waals surface area (Å²) in [5.74, 6) is 0.00782. The summed E-state index contributed by atoms with van der Waals surface area (Å²) < 4.78 is 0. The van der Waals surface area contributed by atoms with E-state index in [9.17, 15) is 14.4 Å². The normalized spacial score (nSPS) is 19.6. The molecule has 0 saturated carbocycles. The molecule has 8 heteroatoms. The Morgan fingerprint density at radius 3 is 2.65 bits per heavy atom. The highest BCUT2D eigenvalue weighted by Gasteiger charge is 2.47. The number of nitrogens with one attached hydrogen (secondary N) is 2. The van der Waals surface area contributed by atoms with Crippen LogP contribution in [-0.4, -0.2) is 47.1 Å². The number of imide groups is 1. The fourth-order valence-corrected chi connectivity index (χ4v) is 3.57. The SMILES string of the molecule is CCCC[C@]1(C)NC(=O)N(CC(=O)NCCSc2ccc(Cl)cc2)C1=O. The van der Waals surface area contributed by atoms with Gasteiger partial charge in [-0.15, -0.1) is 11.8 Å². The second-order valence-electron chi connectivity index (χ2n) is 6.41. The van der Waals surface area contributed by atoms with Crippen LogP contribution in [0.15, 0.2) is 29.2 Å². The first-order valence-corrected chi connectivity index (χ1v) is 10.0. The Hall–Kier alpha value is -1.73. The van der Waals surface area contributed by atoms with Crippen molar-refractivity contribution in [1.29, 1.82) is 0 Å². The summed E-state index contributed by atoms with van der Waals surface area (Å²) in [5.41, 5.74) is -0.905. The van der Waals surface area contributed by atoms with E-state index in [0.717, 1.165) is 22.6 Å². The molecule has 1 saturated heterocycles. The predicted molar refractivity (Wildman–Crippen MR) is 103 cm³/mol. The van der Waals surface area contributed by atoms with E-state index in [2.05, 4.69) is 10.6 Å². The Bertz CT molecular complexity index is 668. The number of halogens is 1. The molecule has 1 aromatic rings. The maximum Gasteiger partial charge on any atom is 0.325 e. The zero-order valence-corrected chi connectivity index (χ0v) is 16.6. The summed E-state index contributed by atoms with van der Waals surface area (Å²) >= 11 is 7.43. The van der Waals surface area contributed by atoms with Gasteiger partial charge < -0.3 is 10.6 Å². The van der Waals surface area contributed by atoms with Crippen molar-refractivity contribution >= 4 is 41.2 Å². The van der Waals surface area contributed by atoms with Crippen molar-refractivity contribution in [2.24, 2.45) is 0 Å². The van der Waals surface area contributed by atoms with Crippen LogP contribution in [0.25, 0.3) is 0 Å². The van der Waals surface area contributed by atoms with E-state index in [0.29, 0.717) is 23.7 Å². The Balaban J connectivity index is 1.75. The highest BCUT2D eigenvalue weighted by Crippen LogP contribution is 2.23. The lowest BCUT2D eigenvalue weighted by Gasteiger charge is -2.21. The molecule has 1 aromatic carbocycles. The third kappa shape index (κ3) is 5.38. The van der Waals surface area contributed by atoms with Gasteiger partial charge in [0.2, 0.25) is 5.91 Å². The number of hydrogen-bond acceptors (Lipinski definition) is 4. The third-order valence-corrected chi connectivity index (χ3v) is 5.45. The molecular weight excluding hydrogens is 374 g/mol. The third-order valence-electron chi connectivity index (χ3n) is 4.18. The van der Waals surface area contributed by atoms with Gasteiger partial charge in [-0.1, -0.05) is 31.4 Å². The summed E-state index contributed by atoms with van der Waals surface area (Å²) in [6.45, 7) is 3.93. The van der Waals surface area contributed by atoms with E-state index in [4.69, 9.17) is 11.6 Å². The van der Waals surface area contributed by atoms with Gasteiger partial charge in [-0.25, -0.2) is 4.79 Å². The first kappa shape index (κ1) is 20.6. The van der Waals surface area contributed by atoms with Gasteiger partial charge in [0.05, 0.1) is 0 Å². The maximum absolute atomic E-state index is 12.5. The van der Waals surface area contributed by atoms with Gasteiger partial charge in [0, 0.05) is 22.2 Å². The van der Waals surface area contributed by atoms with Crippen LogP contribution in [0.5, 0.6) is 0 Å². The fraction of sp³-hybridized carbons (Fsp3) is 0.500. The van der Waals surface area contributed by atoms with Crippen molar-refractivity contribution in [1.82, 2.24) is 15.5 Å². The molecule has 1 fully saturated rings. The van der Waals surface area contributed by atoms with E-state index in [1.807, 2.05) is 31.2 Å². The summed E-state index contributed by atoms with van der Waals surface area (Å²) in [4.78, 5) is 38.6. The number of hydrogen-bond donors (Lipinski definition) is 2. The number of amides is 4. The number of carbonyl (C=O) groups excluding carboxylic acids is 3. The standard InChI is InChI=1S/C18H24ClN3O3S/c1-3-4-9-18(2)16(24)22(17(25)21-18)12-15(23)20-10-11-26-14-7-5-13(19)6-8-14/h5-8H,3-4,9-12H2,1-2H3,(H,20,23)(H,21,25)/t18-/m0/s1. The molecule has 2 rings (SSSR count). The molecular formula is C18H24ClN3O3S. The Labute approximate surface area is 163 Å². The Morgan fingerprint density at radius 1 is 1.31 bits per heavy atom. The van der Waals surface area contributed by atoms with Gasteiger partial charge in [-0.2, -0.15) is 0 Å². The number of unbranched alkanes of at least 4 members (excludes halogenated alkanes) is 1. The maximum atomic E-state index is 12.5. The molecule has 0 aromatic heterocycles. The molecule has 6 nitrogen and oxygen atoms in total. The zero-order chi connectivity index (χ0) is 19.2. The highest BCUT2D eigenvalue weighted by atomic mass is 35.5. The van der Waals surface area contributed by atoms with Crippen LogP contribution >= 0.6 is 23.4 Å². The fourth-order valence-electron chi connectivity index (χ4n) is 2.68. The lowest BCUT2D eigenvalue weighted by atomic mass is 9.95. The minimum atomic E-state index is -0.905. The van der Waals surface area contributed by atoms with Crippen molar-refractivity contribution in [3.05, 3.63) is 29.3 Å². The van der Waals surface area contributed by atoms with Gasteiger partial charge in [-0.05, 0) is 37.6 Å². The molecule has 0 unspecified atom stereocenters. The molecule has 2 N–H and O–H groups in total. The van der Waals surface area contributed by atoms with E-state index in [1.165, 1.54) is 0 Å². The van der Waals surface area contributed by atoms with Crippen molar-refractivity contribution in [2.45, 2.75) is 43.5 Å². The smallest absolute Gasteiger partial charge is 0.325 e. The van der Waals surface area contributed by atoms with Crippen LogP contribution in [0, 0.1) is 0 Å². The largest absolute Gasteiger partial charge is 0.354 e. The first-order valence-electron chi connectivity index (χ1n) is 8.65. The van der Waals surface area contributed by atoms with Crippen molar-refractivity contribution in [3.8, 4) is 0 Å². The van der Waals surface area contributed by atoms with Crippen molar-refractivity contribution in [2.75, 3.05) is 18.8 Å². The lowest BCUT2D eigenvalue weighted by molar-refractivity contribution is -0.134. The number of benzene rings is 1. The van der Waals surface area contributed by atoms with Gasteiger partial charge in [0.15, 0.2) is 0 Å². The highest BCUT2D eigenvalue weighted by molar-refractivity contribution is 7.99. The van der Waals surface area contributed by atoms with Crippen LogP contribution in [0.3, 0.4) is 0 Å². The molecule has 1 heterocycles. The van der Waals surface area contributed by atoms with E-state index in [1.54, 1.807) is 18.7 Å². The van der Waals surface area contributed by atoms with Gasteiger partial charge >= 0.3 is 6.03 Å². The van der Waals surface area contributed by atoms with Crippen LogP contribution in [0.2, 0.25) is 5.02 Å². The zero-order valence-electron chi connectivity index (χ0n) is 15.0. The number of rotatable bonds is 9. The molecule has 142 valence electrons. The molecule has 1 aliphatic heterocycles. The van der Waals surface area contributed by atoms with Gasteiger partial charge in [0.1, 0.15) is 12.1 Å². The van der Waals surface area contributed by atoms with E-state index < -0.39 is 11.6 Å². The molecule has 4 amide bonds. The van der Waals surface area contributed by atoms with Gasteiger partial charge in [-0.3, -0.25) is 14.5 Å². The molecule has 0 bridgehead atoms. The number of urea groups is 1. The molecule has 0 spiro atoms. The number of carbonyl (C=O) groups is 3. The van der Waals surface area contributed by atoms with E-state index in [-0.39, 0.29) is 18.4 Å². The van der Waals surface area contributed by atoms with Crippen LogP contribution in [-0.2, 0) is 9.59 Å². The van der Waals surface area contributed by atoms with Crippen LogP contribution in [0.4, 0.5) is 4.79 Å². The van der Waals surface area contributed by atoms with Crippen LogP contribution in [0.1, 0.15) is 33.1 Å². The Kier molecular flexibility index (Phi) is 7.34. The minimum absolute atomic E-state index is 0.252. The van der Waals surface area contributed by atoms with Crippen molar-refractivity contribution in [3.63, 3.8) is 0 Å². The molecule has 0 aliphatic carbocycles. The Morgan fingerprint density at radius 2 is 2.00 bits per heavy atom. The summed E-state index contributed by atoms with van der Waals surface area (Å²) in [6.07, 6.45) is 2.35. The quantitative estimate of drug-likeness (QED) is 0.381. The number of thioether (sulfide) groups is 1. The number of nitrogens with zero attached hydrogens (tertiary/aromatic N) is 1. The van der Waals surface area contributed by atoms with Gasteiger partial charge in [0.25, 0.3) is 5.91 Å². The van der Waals surface area contributed by atoms with Crippen molar-refractivity contribution < 1.29 is 14.4 Å².